The van der Waals surface area contributed by atoms with Crippen LogP contribution in [0.1, 0.15) is 147 Å². The van der Waals surface area contributed by atoms with E-state index >= 15 is 0 Å². The molecule has 0 atom stereocenters. The molecule has 3 rings (SSSR count). The van der Waals surface area contributed by atoms with Gasteiger partial charge < -0.3 is 4.74 Å². The molecule has 0 N–H and O–H groups in total. The molecule has 196 valence electrons. The van der Waals surface area contributed by atoms with Crippen molar-refractivity contribution in [1.29, 1.82) is 5.26 Å². The Labute approximate surface area is 217 Å². The predicted octanol–water partition coefficient (Wildman–Crippen LogP) is 10.4. The molecule has 0 bridgehead atoms. The first-order valence-corrected chi connectivity index (χ1v) is 15.3. The predicted molar refractivity (Wildman–Crippen MR) is 149 cm³/mol. The summed E-state index contributed by atoms with van der Waals surface area (Å²) in [6.45, 7) is 5.41. The van der Waals surface area contributed by atoms with Gasteiger partial charge in [-0.25, -0.2) is 0 Å². The van der Waals surface area contributed by atoms with Crippen molar-refractivity contribution in [3.05, 3.63) is 29.8 Å². The lowest BCUT2D eigenvalue weighted by Crippen LogP contribution is -2.27. The van der Waals surface area contributed by atoms with Crippen LogP contribution >= 0.6 is 0 Å². The van der Waals surface area contributed by atoms with Gasteiger partial charge in [-0.15, -0.1) is 0 Å². The van der Waals surface area contributed by atoms with Crippen LogP contribution in [0.3, 0.4) is 0 Å². The van der Waals surface area contributed by atoms with Crippen LogP contribution in [0.5, 0.6) is 5.75 Å². The van der Waals surface area contributed by atoms with Gasteiger partial charge in [0.2, 0.25) is 0 Å². The van der Waals surface area contributed by atoms with Gasteiger partial charge in [-0.3, -0.25) is 0 Å². The van der Waals surface area contributed by atoms with Gasteiger partial charge in [0.05, 0.1) is 18.1 Å². The van der Waals surface area contributed by atoms with Crippen LogP contribution in [0.2, 0.25) is 0 Å². The van der Waals surface area contributed by atoms with E-state index in [-0.39, 0.29) is 5.41 Å². The quantitative estimate of drug-likeness (QED) is 0.234. The lowest BCUT2D eigenvalue weighted by atomic mass is 9.66. The molecule has 1 aromatic rings. The highest BCUT2D eigenvalue weighted by Crippen LogP contribution is 2.46. The van der Waals surface area contributed by atoms with E-state index in [0.29, 0.717) is 5.92 Å². The van der Waals surface area contributed by atoms with Gasteiger partial charge in [0, 0.05) is 0 Å². The number of unbranched alkanes of at least 4 members (excludes halogenated alkanes) is 6. The van der Waals surface area contributed by atoms with Gasteiger partial charge in [-0.1, -0.05) is 77.3 Å². The number of rotatable bonds is 15. The van der Waals surface area contributed by atoms with Crippen LogP contribution in [0.4, 0.5) is 0 Å². The molecular weight excluding hydrogens is 426 g/mol. The van der Waals surface area contributed by atoms with Crippen molar-refractivity contribution in [3.8, 4) is 11.8 Å². The third-order valence-electron chi connectivity index (χ3n) is 9.26. The molecule has 2 heteroatoms. The first-order valence-electron chi connectivity index (χ1n) is 15.3. The molecular formula is C33H53NO. The Balaban J connectivity index is 1.33. The van der Waals surface area contributed by atoms with Crippen LogP contribution in [-0.2, 0) is 0 Å². The van der Waals surface area contributed by atoms with Crippen molar-refractivity contribution < 1.29 is 4.74 Å². The van der Waals surface area contributed by atoms with Gasteiger partial charge in [0.25, 0.3) is 0 Å². The third-order valence-corrected chi connectivity index (χ3v) is 9.26. The van der Waals surface area contributed by atoms with Crippen LogP contribution in [0.15, 0.2) is 24.3 Å². The zero-order chi connectivity index (χ0) is 24.8. The summed E-state index contributed by atoms with van der Waals surface area (Å²) in [5, 5.41) is 10.00. The van der Waals surface area contributed by atoms with Crippen molar-refractivity contribution in [2.24, 2.45) is 17.3 Å². The molecule has 0 unspecified atom stereocenters. The molecule has 0 saturated heterocycles. The molecule has 0 radical (unpaired) electrons. The normalized spacial score (nSPS) is 26.8. The second-order valence-corrected chi connectivity index (χ2v) is 11.9. The molecule has 0 spiro atoms. The van der Waals surface area contributed by atoms with E-state index in [1.165, 1.54) is 108 Å². The van der Waals surface area contributed by atoms with Gasteiger partial charge >= 0.3 is 0 Å². The van der Waals surface area contributed by atoms with E-state index in [4.69, 9.17) is 4.74 Å². The number of nitrogens with zero attached hydrogens (tertiary/aromatic N) is 1. The number of hydrogen-bond donors (Lipinski definition) is 0. The van der Waals surface area contributed by atoms with E-state index in [1.54, 1.807) is 0 Å². The Bertz CT molecular complexity index is 716. The maximum Gasteiger partial charge on any atom is 0.119 e. The topological polar surface area (TPSA) is 33.0 Å². The van der Waals surface area contributed by atoms with Crippen molar-refractivity contribution in [1.82, 2.24) is 0 Å². The number of nitriles is 1. The van der Waals surface area contributed by atoms with Gasteiger partial charge in [0.15, 0.2) is 0 Å². The van der Waals surface area contributed by atoms with Crippen molar-refractivity contribution in [3.63, 3.8) is 0 Å². The Hall–Kier alpha value is -1.49. The van der Waals surface area contributed by atoms with Crippen molar-refractivity contribution in [2.45, 2.75) is 142 Å². The number of ether oxygens (including phenoxy) is 1. The Kier molecular flexibility index (Phi) is 12.5. The summed E-state index contributed by atoms with van der Waals surface area (Å²) in [5.41, 5.74) is 1.49. The Morgan fingerprint density at radius 3 is 2.06 bits per heavy atom. The first-order chi connectivity index (χ1) is 17.2. The lowest BCUT2D eigenvalue weighted by Gasteiger charge is -2.37. The maximum absolute atomic E-state index is 10.00. The molecule has 1 aromatic carbocycles. The molecule has 2 nitrogen and oxygen atoms in total. The molecule has 0 aliphatic heterocycles. The maximum atomic E-state index is 10.00. The first kappa shape index (κ1) is 28.1. The standard InChI is InChI=1S/C33H53NO/c1-3-5-7-8-9-10-26-35-32-18-16-31(17-19-32)30-14-12-29(13-15-30)22-25-33(27-34)23-20-28(21-24-33)11-6-4-2/h16-19,28-30H,3-15,20-26H2,1-2H3/t28-,29-,30-,33-. The van der Waals surface area contributed by atoms with E-state index < -0.39 is 0 Å². The van der Waals surface area contributed by atoms with Gasteiger partial charge in [-0.05, 0) is 106 Å². The van der Waals surface area contributed by atoms with Crippen LogP contribution in [-0.4, -0.2) is 6.61 Å². The molecule has 0 heterocycles. The molecule has 35 heavy (non-hydrogen) atoms. The Morgan fingerprint density at radius 2 is 1.40 bits per heavy atom. The summed E-state index contributed by atoms with van der Waals surface area (Å²) in [4.78, 5) is 0. The zero-order valence-corrected chi connectivity index (χ0v) is 23.0. The van der Waals surface area contributed by atoms with Gasteiger partial charge in [-0.2, -0.15) is 5.26 Å². The molecule has 0 amide bonds. The summed E-state index contributed by atoms with van der Waals surface area (Å²) < 4.78 is 5.98. The molecule has 0 aromatic heterocycles. The third kappa shape index (κ3) is 9.48. The van der Waals surface area contributed by atoms with Gasteiger partial charge in [0.1, 0.15) is 5.75 Å². The minimum Gasteiger partial charge on any atom is -0.494 e. The van der Waals surface area contributed by atoms with Crippen molar-refractivity contribution >= 4 is 0 Å². The highest BCUT2D eigenvalue weighted by atomic mass is 16.5. The minimum absolute atomic E-state index is 0.00903. The summed E-state index contributed by atoms with van der Waals surface area (Å²) in [7, 11) is 0. The van der Waals surface area contributed by atoms with Crippen molar-refractivity contribution in [2.75, 3.05) is 6.61 Å². The SMILES string of the molecule is CCCCCCCCOc1ccc([C@H]2CC[C@H](CC[C@]3(C#N)CC[C@H](CCCC)CC3)CC2)cc1. The van der Waals surface area contributed by atoms with Crippen LogP contribution in [0, 0.1) is 28.6 Å². The fourth-order valence-electron chi connectivity index (χ4n) is 6.60. The second kappa shape index (κ2) is 15.6. The zero-order valence-electron chi connectivity index (χ0n) is 23.0. The summed E-state index contributed by atoms with van der Waals surface area (Å²) in [6, 6.07) is 11.8. The number of hydrogen-bond acceptors (Lipinski definition) is 2. The fraction of sp³-hybridized carbons (Fsp3) is 0.788. The monoisotopic (exact) mass is 479 g/mol. The fourth-order valence-corrected chi connectivity index (χ4v) is 6.60. The number of benzene rings is 1. The minimum atomic E-state index is -0.00903. The summed E-state index contributed by atoms with van der Waals surface area (Å²) in [6.07, 6.45) is 24.5. The second-order valence-electron chi connectivity index (χ2n) is 11.9. The summed E-state index contributed by atoms with van der Waals surface area (Å²) in [5.74, 6) is 3.45. The van der Waals surface area contributed by atoms with Crippen LogP contribution in [0.25, 0.3) is 0 Å². The van der Waals surface area contributed by atoms with Crippen LogP contribution < -0.4 is 4.74 Å². The average molecular weight is 480 g/mol. The molecule has 2 fully saturated rings. The molecule has 2 aliphatic carbocycles. The van der Waals surface area contributed by atoms with E-state index in [0.717, 1.165) is 43.5 Å². The highest BCUT2D eigenvalue weighted by molar-refractivity contribution is 5.29. The van der Waals surface area contributed by atoms with E-state index in [2.05, 4.69) is 44.2 Å². The molecule has 2 saturated carbocycles. The highest BCUT2D eigenvalue weighted by Gasteiger charge is 2.36. The Morgan fingerprint density at radius 1 is 0.771 bits per heavy atom. The van der Waals surface area contributed by atoms with E-state index in [1.807, 2.05) is 0 Å². The molecule has 2 aliphatic rings. The smallest absolute Gasteiger partial charge is 0.119 e. The lowest BCUT2D eigenvalue weighted by molar-refractivity contribution is 0.168. The summed E-state index contributed by atoms with van der Waals surface area (Å²) >= 11 is 0. The van der Waals surface area contributed by atoms with E-state index in [9.17, 15) is 5.26 Å². The average Bonchev–Trinajstić information content (AvgIpc) is 2.91. The largest absolute Gasteiger partial charge is 0.494 e.